The molecule has 0 saturated carbocycles. The Hall–Kier alpha value is -1.95. The zero-order valence-electron chi connectivity index (χ0n) is 8.19. The predicted molar refractivity (Wildman–Crippen MR) is 49.2 cm³/mol. The molecule has 0 saturated heterocycles. The molecular weight excluding hydrogens is 225 g/mol. The van der Waals surface area contributed by atoms with E-state index in [4.69, 9.17) is 10.3 Å². The summed E-state index contributed by atoms with van der Waals surface area (Å²) in [5.74, 6) is -0.521. The number of rotatable bonds is 3. The molecule has 0 unspecified atom stereocenters. The number of hydrogen-bond donors (Lipinski definition) is 0. The third-order valence-electron chi connectivity index (χ3n) is 1.58. The van der Waals surface area contributed by atoms with Crippen molar-refractivity contribution in [3.63, 3.8) is 0 Å². The summed E-state index contributed by atoms with van der Waals surface area (Å²) in [4.78, 5) is 5.83. The Kier molecular flexibility index (Phi) is 3.57. The Morgan fingerprint density at radius 3 is 2.75 bits per heavy atom. The molecule has 0 atom stereocenters. The minimum atomic E-state index is -4.60. The molecule has 1 aromatic rings. The molecule has 0 aromatic carbocycles. The van der Waals surface area contributed by atoms with Crippen LogP contribution in [0.4, 0.5) is 18.9 Å². The average Bonchev–Trinajstić information content (AvgIpc) is 2.19. The van der Waals surface area contributed by atoms with Crippen LogP contribution in [-0.4, -0.2) is 11.6 Å². The number of nitrogens with zero attached hydrogens (tertiary/aromatic N) is 4. The van der Waals surface area contributed by atoms with Gasteiger partial charge in [-0.25, -0.2) is 4.98 Å². The van der Waals surface area contributed by atoms with Crippen molar-refractivity contribution in [2.45, 2.75) is 13.1 Å². The molecule has 0 amide bonds. The van der Waals surface area contributed by atoms with E-state index in [1.54, 1.807) is 6.92 Å². The summed E-state index contributed by atoms with van der Waals surface area (Å²) in [5, 5.41) is 3.04. The van der Waals surface area contributed by atoms with Crippen LogP contribution in [0.2, 0.25) is 0 Å². The second-order valence-corrected chi connectivity index (χ2v) is 2.67. The number of aromatic nitrogens is 1. The maximum atomic E-state index is 12.5. The van der Waals surface area contributed by atoms with Gasteiger partial charge in [0.2, 0.25) is 5.88 Å². The Bertz CT molecular complexity index is 426. The molecule has 1 rings (SSSR count). The summed E-state index contributed by atoms with van der Waals surface area (Å²) < 4.78 is 42.3. The maximum absolute atomic E-state index is 12.5. The fourth-order valence-electron chi connectivity index (χ4n) is 1.00. The van der Waals surface area contributed by atoms with Crippen molar-refractivity contribution in [2.75, 3.05) is 6.61 Å². The van der Waals surface area contributed by atoms with Gasteiger partial charge in [-0.1, -0.05) is 5.11 Å². The van der Waals surface area contributed by atoms with E-state index in [1.165, 1.54) is 0 Å². The van der Waals surface area contributed by atoms with Crippen LogP contribution >= 0.6 is 0 Å². The normalized spacial score (nSPS) is 10.8. The van der Waals surface area contributed by atoms with Gasteiger partial charge >= 0.3 is 6.18 Å². The molecule has 0 aliphatic rings. The second kappa shape index (κ2) is 4.71. The van der Waals surface area contributed by atoms with Gasteiger partial charge in [0.05, 0.1) is 12.3 Å². The second-order valence-electron chi connectivity index (χ2n) is 2.67. The fourth-order valence-corrected chi connectivity index (χ4v) is 1.00. The molecule has 0 N–H and O–H groups in total. The molecule has 0 aliphatic carbocycles. The smallest absolute Gasteiger partial charge is 0.421 e. The third kappa shape index (κ3) is 2.77. The molecule has 0 bridgehead atoms. The number of hydrogen-bond acceptors (Lipinski definition) is 3. The van der Waals surface area contributed by atoms with Crippen LogP contribution in [0.25, 0.3) is 10.4 Å². The van der Waals surface area contributed by atoms with Crippen LogP contribution in [0, 0.1) is 0 Å². The van der Waals surface area contributed by atoms with Crippen LogP contribution in [0.1, 0.15) is 12.5 Å². The van der Waals surface area contributed by atoms with Crippen LogP contribution in [-0.2, 0) is 6.18 Å². The topological polar surface area (TPSA) is 70.9 Å². The molecule has 0 radical (unpaired) electrons. The first-order valence-electron chi connectivity index (χ1n) is 4.24. The van der Waals surface area contributed by atoms with Gasteiger partial charge in [-0.05, 0) is 18.5 Å². The quantitative estimate of drug-likeness (QED) is 0.455. The predicted octanol–water partition coefficient (Wildman–Crippen LogP) is 3.44. The van der Waals surface area contributed by atoms with E-state index in [-0.39, 0.29) is 12.3 Å². The van der Waals surface area contributed by atoms with Gasteiger partial charge in [0.25, 0.3) is 0 Å². The summed E-state index contributed by atoms with van der Waals surface area (Å²) >= 11 is 0. The van der Waals surface area contributed by atoms with E-state index in [1.807, 2.05) is 0 Å². The van der Waals surface area contributed by atoms with Crippen molar-refractivity contribution in [1.29, 1.82) is 0 Å². The van der Waals surface area contributed by atoms with Crippen molar-refractivity contribution in [1.82, 2.24) is 4.98 Å². The molecule has 0 spiro atoms. The molecule has 8 heteroatoms. The lowest BCUT2D eigenvalue weighted by atomic mass is 10.2. The molecule has 5 nitrogen and oxygen atoms in total. The van der Waals surface area contributed by atoms with Crippen molar-refractivity contribution >= 4 is 5.69 Å². The SMILES string of the molecule is CCOc1ncc(N=[N+]=[N-])cc1C(F)(F)F. The van der Waals surface area contributed by atoms with Gasteiger partial charge in [-0.15, -0.1) is 0 Å². The lowest BCUT2D eigenvalue weighted by molar-refractivity contribution is -0.139. The highest BCUT2D eigenvalue weighted by molar-refractivity contribution is 5.43. The van der Waals surface area contributed by atoms with Gasteiger partial charge in [-0.2, -0.15) is 13.2 Å². The van der Waals surface area contributed by atoms with E-state index in [2.05, 4.69) is 15.0 Å². The number of halogens is 3. The van der Waals surface area contributed by atoms with Crippen LogP contribution in [0.3, 0.4) is 0 Å². The minimum absolute atomic E-state index is 0.0664. The maximum Gasteiger partial charge on any atom is 0.421 e. The first-order chi connectivity index (χ1) is 7.49. The Labute approximate surface area is 88.5 Å². The molecule has 0 fully saturated rings. The Morgan fingerprint density at radius 2 is 2.25 bits per heavy atom. The van der Waals surface area contributed by atoms with E-state index in [0.717, 1.165) is 6.20 Å². The number of pyridine rings is 1. The van der Waals surface area contributed by atoms with Gasteiger partial charge in [0.1, 0.15) is 5.56 Å². The minimum Gasteiger partial charge on any atom is -0.478 e. The lowest BCUT2D eigenvalue weighted by Gasteiger charge is -2.11. The molecule has 86 valence electrons. The largest absolute Gasteiger partial charge is 0.478 e. The molecule has 16 heavy (non-hydrogen) atoms. The number of ether oxygens (including phenoxy) is 1. The van der Waals surface area contributed by atoms with Gasteiger partial charge in [0.15, 0.2) is 0 Å². The van der Waals surface area contributed by atoms with Crippen molar-refractivity contribution in [3.8, 4) is 5.88 Å². The highest BCUT2D eigenvalue weighted by Crippen LogP contribution is 2.36. The van der Waals surface area contributed by atoms with Crippen molar-refractivity contribution in [3.05, 3.63) is 28.3 Å². The third-order valence-corrected chi connectivity index (χ3v) is 1.58. The summed E-state index contributed by atoms with van der Waals surface area (Å²) in [6.45, 7) is 1.61. The zero-order valence-corrected chi connectivity index (χ0v) is 8.19. The van der Waals surface area contributed by atoms with Gasteiger partial charge in [-0.3, -0.25) is 0 Å². The summed E-state index contributed by atoms with van der Waals surface area (Å²) in [5.41, 5.74) is 6.84. The standard InChI is InChI=1S/C8H7F3N4O/c1-2-16-7-6(8(9,10)11)3-5(4-13-7)14-15-12/h3-4H,2H2,1H3. The first-order valence-corrected chi connectivity index (χ1v) is 4.24. The van der Waals surface area contributed by atoms with Gasteiger partial charge < -0.3 is 4.74 Å². The van der Waals surface area contributed by atoms with Crippen molar-refractivity contribution in [2.24, 2.45) is 5.11 Å². The highest BCUT2D eigenvalue weighted by Gasteiger charge is 2.35. The van der Waals surface area contributed by atoms with E-state index < -0.39 is 17.6 Å². The average molecular weight is 232 g/mol. The van der Waals surface area contributed by atoms with Crippen LogP contribution in [0.15, 0.2) is 17.4 Å². The van der Waals surface area contributed by atoms with Gasteiger partial charge in [0, 0.05) is 11.1 Å². The van der Waals surface area contributed by atoms with Crippen LogP contribution in [0.5, 0.6) is 5.88 Å². The molecular formula is C8H7F3N4O. The highest BCUT2D eigenvalue weighted by atomic mass is 19.4. The summed E-state index contributed by atoms with van der Waals surface area (Å²) in [7, 11) is 0. The van der Waals surface area contributed by atoms with Crippen LogP contribution < -0.4 is 4.74 Å². The lowest BCUT2D eigenvalue weighted by Crippen LogP contribution is -2.09. The molecule has 1 aromatic heterocycles. The molecule has 0 aliphatic heterocycles. The Balaban J connectivity index is 3.26. The summed E-state index contributed by atoms with van der Waals surface area (Å²) in [6, 6.07) is 0.692. The monoisotopic (exact) mass is 232 g/mol. The Morgan fingerprint density at radius 1 is 1.56 bits per heavy atom. The van der Waals surface area contributed by atoms with E-state index >= 15 is 0 Å². The zero-order chi connectivity index (χ0) is 12.2. The first kappa shape index (κ1) is 12.1. The number of alkyl halides is 3. The fraction of sp³-hybridized carbons (Fsp3) is 0.375. The van der Waals surface area contributed by atoms with E-state index in [0.29, 0.717) is 6.07 Å². The van der Waals surface area contributed by atoms with Crippen molar-refractivity contribution < 1.29 is 17.9 Å². The molecule has 1 heterocycles. The summed E-state index contributed by atoms with van der Waals surface area (Å²) in [6.07, 6.45) is -3.58. The number of azide groups is 1. The van der Waals surface area contributed by atoms with E-state index in [9.17, 15) is 13.2 Å².